The van der Waals surface area contributed by atoms with Gasteiger partial charge in [-0.2, -0.15) is 0 Å². The summed E-state index contributed by atoms with van der Waals surface area (Å²) in [7, 11) is 0. The van der Waals surface area contributed by atoms with Crippen LogP contribution < -0.4 is 5.73 Å². The van der Waals surface area contributed by atoms with E-state index in [1.807, 2.05) is 0 Å². The maximum absolute atomic E-state index is 5.92. The molecule has 2 aromatic heterocycles. The highest BCUT2D eigenvalue weighted by atomic mass is 35.5. The second-order valence-corrected chi connectivity index (χ2v) is 3.08. The van der Waals surface area contributed by atoms with Crippen molar-refractivity contribution in [1.29, 1.82) is 0 Å². The van der Waals surface area contributed by atoms with Crippen molar-refractivity contribution in [2.24, 2.45) is 0 Å². The molecule has 2 N–H and O–H groups in total. The first-order valence-electron chi connectivity index (χ1n) is 3.96. The summed E-state index contributed by atoms with van der Waals surface area (Å²) < 4.78 is 0. The van der Waals surface area contributed by atoms with Crippen LogP contribution in [0.2, 0.25) is 5.02 Å². The normalized spacial score (nSPS) is 10.1. The van der Waals surface area contributed by atoms with Gasteiger partial charge >= 0.3 is 0 Å². The maximum Gasteiger partial charge on any atom is 0.179 e. The summed E-state index contributed by atoms with van der Waals surface area (Å²) in [4.78, 5) is 12.1. The van der Waals surface area contributed by atoms with E-state index in [2.05, 4.69) is 15.0 Å². The molecule has 0 atom stereocenters. The van der Waals surface area contributed by atoms with Gasteiger partial charge in [-0.25, -0.2) is 9.97 Å². The molecular formula is C9H7ClN4. The molecule has 0 fully saturated rings. The lowest BCUT2D eigenvalue weighted by Crippen LogP contribution is -1.94. The summed E-state index contributed by atoms with van der Waals surface area (Å²) in [6, 6.07) is 3.49. The zero-order valence-electron chi connectivity index (χ0n) is 7.18. The fourth-order valence-corrected chi connectivity index (χ4v) is 1.22. The third kappa shape index (κ3) is 1.65. The number of pyridine rings is 1. The Morgan fingerprint density at radius 2 is 1.86 bits per heavy atom. The van der Waals surface area contributed by atoms with Crippen LogP contribution in [0.15, 0.2) is 30.7 Å². The van der Waals surface area contributed by atoms with Gasteiger partial charge in [-0.05, 0) is 12.1 Å². The van der Waals surface area contributed by atoms with Crippen LogP contribution >= 0.6 is 11.6 Å². The van der Waals surface area contributed by atoms with Crippen molar-refractivity contribution >= 4 is 17.3 Å². The van der Waals surface area contributed by atoms with Gasteiger partial charge in [-0.15, -0.1) is 0 Å². The van der Waals surface area contributed by atoms with Gasteiger partial charge in [0.15, 0.2) is 5.82 Å². The Morgan fingerprint density at radius 1 is 1.14 bits per heavy atom. The molecule has 0 aromatic carbocycles. The van der Waals surface area contributed by atoms with Gasteiger partial charge in [0, 0.05) is 6.20 Å². The maximum atomic E-state index is 5.92. The van der Waals surface area contributed by atoms with Gasteiger partial charge in [0.2, 0.25) is 0 Å². The molecule has 2 rings (SSSR count). The molecule has 0 unspecified atom stereocenters. The summed E-state index contributed by atoms with van der Waals surface area (Å²) in [5.74, 6) is 0.477. The Morgan fingerprint density at radius 3 is 2.50 bits per heavy atom. The zero-order chi connectivity index (χ0) is 9.97. The van der Waals surface area contributed by atoms with Crippen molar-refractivity contribution in [2.45, 2.75) is 0 Å². The molecule has 0 saturated carbocycles. The van der Waals surface area contributed by atoms with E-state index in [0.717, 1.165) is 0 Å². The average molecular weight is 207 g/mol. The number of nitrogens with two attached hydrogens (primary N) is 1. The molecule has 0 radical (unpaired) electrons. The Balaban J connectivity index is 2.50. The number of hydrogen-bond acceptors (Lipinski definition) is 4. The van der Waals surface area contributed by atoms with Gasteiger partial charge < -0.3 is 5.73 Å². The van der Waals surface area contributed by atoms with Gasteiger partial charge in [0.1, 0.15) is 5.69 Å². The van der Waals surface area contributed by atoms with Crippen molar-refractivity contribution in [3.63, 3.8) is 0 Å². The van der Waals surface area contributed by atoms with E-state index in [1.165, 1.54) is 12.4 Å². The van der Waals surface area contributed by atoms with Crippen LogP contribution in [0.3, 0.4) is 0 Å². The molecule has 2 heterocycles. The average Bonchev–Trinajstić information content (AvgIpc) is 2.20. The Kier molecular flexibility index (Phi) is 2.28. The molecule has 2 aromatic rings. The molecule has 0 saturated heterocycles. The number of rotatable bonds is 1. The topological polar surface area (TPSA) is 64.7 Å². The summed E-state index contributed by atoms with van der Waals surface area (Å²) in [5, 5.41) is 0.525. The van der Waals surface area contributed by atoms with Crippen LogP contribution in [0.4, 0.5) is 5.69 Å². The second kappa shape index (κ2) is 3.59. The second-order valence-electron chi connectivity index (χ2n) is 2.67. The fourth-order valence-electron chi connectivity index (χ4n) is 1.01. The molecule has 70 valence electrons. The number of aromatic nitrogens is 3. The molecular weight excluding hydrogens is 200 g/mol. The summed E-state index contributed by atoms with van der Waals surface area (Å²) in [6.07, 6.45) is 4.68. The minimum absolute atomic E-state index is 0.477. The quantitative estimate of drug-likeness (QED) is 0.773. The highest BCUT2D eigenvalue weighted by Crippen LogP contribution is 2.21. The lowest BCUT2D eigenvalue weighted by Gasteiger charge is -2.00. The Hall–Kier alpha value is -1.68. The predicted octanol–water partition coefficient (Wildman–Crippen LogP) is 1.77. The van der Waals surface area contributed by atoms with E-state index in [-0.39, 0.29) is 0 Å². The van der Waals surface area contributed by atoms with Gasteiger partial charge in [0.25, 0.3) is 0 Å². The van der Waals surface area contributed by atoms with Crippen molar-refractivity contribution in [3.8, 4) is 11.5 Å². The monoisotopic (exact) mass is 206 g/mol. The standard InChI is InChI=1S/C9H7ClN4/c10-7-2-1-3-12-8(7)9-13-4-6(11)5-14-9/h1-5H,11H2. The SMILES string of the molecule is Nc1cnc(-c2ncccc2Cl)nc1. The number of nitrogens with zero attached hydrogens (tertiary/aromatic N) is 3. The number of halogens is 1. The summed E-state index contributed by atoms with van der Waals surface area (Å²) >= 11 is 5.92. The van der Waals surface area contributed by atoms with E-state index in [9.17, 15) is 0 Å². The zero-order valence-corrected chi connectivity index (χ0v) is 7.94. The number of nitrogen functional groups attached to an aromatic ring is 1. The molecule has 4 nitrogen and oxygen atoms in total. The molecule has 0 aliphatic carbocycles. The van der Waals surface area contributed by atoms with Gasteiger partial charge in [-0.3, -0.25) is 4.98 Å². The highest BCUT2D eigenvalue weighted by molar-refractivity contribution is 6.32. The highest BCUT2D eigenvalue weighted by Gasteiger charge is 2.06. The Bertz CT molecular complexity index is 441. The predicted molar refractivity (Wildman–Crippen MR) is 54.7 cm³/mol. The van der Waals surface area contributed by atoms with Crippen LogP contribution in [0.25, 0.3) is 11.5 Å². The van der Waals surface area contributed by atoms with E-state index >= 15 is 0 Å². The van der Waals surface area contributed by atoms with Gasteiger partial charge in [0.05, 0.1) is 23.1 Å². The first-order chi connectivity index (χ1) is 6.77. The smallest absolute Gasteiger partial charge is 0.179 e. The van der Waals surface area contributed by atoms with Crippen LogP contribution in [-0.4, -0.2) is 15.0 Å². The fraction of sp³-hybridized carbons (Fsp3) is 0. The van der Waals surface area contributed by atoms with E-state index in [4.69, 9.17) is 17.3 Å². The van der Waals surface area contributed by atoms with Crippen molar-refractivity contribution in [3.05, 3.63) is 35.7 Å². The molecule has 0 amide bonds. The van der Waals surface area contributed by atoms with Crippen molar-refractivity contribution in [2.75, 3.05) is 5.73 Å². The minimum Gasteiger partial charge on any atom is -0.396 e. The van der Waals surface area contributed by atoms with Gasteiger partial charge in [-0.1, -0.05) is 11.6 Å². The minimum atomic E-state index is 0.477. The van der Waals surface area contributed by atoms with Crippen molar-refractivity contribution in [1.82, 2.24) is 15.0 Å². The molecule has 14 heavy (non-hydrogen) atoms. The van der Waals surface area contributed by atoms with Crippen LogP contribution in [0.1, 0.15) is 0 Å². The van der Waals surface area contributed by atoms with Crippen molar-refractivity contribution < 1.29 is 0 Å². The largest absolute Gasteiger partial charge is 0.396 e. The lowest BCUT2D eigenvalue weighted by atomic mass is 10.3. The first kappa shape index (κ1) is 8.90. The number of anilines is 1. The third-order valence-electron chi connectivity index (χ3n) is 1.64. The van der Waals surface area contributed by atoms with E-state index < -0.39 is 0 Å². The Labute approximate surface area is 85.8 Å². The molecule has 0 aliphatic heterocycles. The van der Waals surface area contributed by atoms with E-state index in [1.54, 1.807) is 18.3 Å². The first-order valence-corrected chi connectivity index (χ1v) is 4.33. The molecule has 0 spiro atoms. The number of hydrogen-bond donors (Lipinski definition) is 1. The van der Waals surface area contributed by atoms with Crippen LogP contribution in [0.5, 0.6) is 0 Å². The molecule has 0 bridgehead atoms. The molecule has 5 heteroatoms. The van der Waals surface area contributed by atoms with E-state index in [0.29, 0.717) is 22.2 Å². The summed E-state index contributed by atoms with van der Waals surface area (Å²) in [6.45, 7) is 0. The van der Waals surface area contributed by atoms with Crippen LogP contribution in [0, 0.1) is 0 Å². The lowest BCUT2D eigenvalue weighted by molar-refractivity contribution is 1.14. The summed E-state index contributed by atoms with van der Waals surface area (Å²) in [5.41, 5.74) is 6.54. The van der Waals surface area contributed by atoms with Crippen LogP contribution in [-0.2, 0) is 0 Å². The molecule has 0 aliphatic rings. The third-order valence-corrected chi connectivity index (χ3v) is 1.95.